The van der Waals surface area contributed by atoms with Gasteiger partial charge in [-0.1, -0.05) is 182 Å². The van der Waals surface area contributed by atoms with Gasteiger partial charge in [0.25, 0.3) is 0 Å². The third-order valence-corrected chi connectivity index (χ3v) is 17.8. The fraction of sp³-hybridized carbons (Fsp3) is 0. The molecule has 346 valence electrons. The molecule has 0 N–H and O–H groups in total. The van der Waals surface area contributed by atoms with Crippen LogP contribution in [0.5, 0.6) is 0 Å². The highest BCUT2D eigenvalue weighted by Crippen LogP contribution is 2.55. The molecule has 16 aromatic rings. The molecule has 0 aliphatic heterocycles. The molecule has 75 heavy (non-hydrogen) atoms. The Morgan fingerprint density at radius 1 is 0.413 bits per heavy atom. The third-order valence-electron chi connectivity index (χ3n) is 15.4. The van der Waals surface area contributed by atoms with Crippen LogP contribution in [0.25, 0.3) is 155 Å². The fourth-order valence-electron chi connectivity index (χ4n) is 12.2. The second kappa shape index (κ2) is 15.9. The lowest BCUT2D eigenvalue weighted by atomic mass is 9.88. The number of nitriles is 1. The first-order valence-electron chi connectivity index (χ1n) is 24.9. The Morgan fingerprint density at radius 3 is 1.51 bits per heavy atom. The first kappa shape index (κ1) is 41.8. The monoisotopic (exact) mass is 988 g/mol. The highest BCUT2D eigenvalue weighted by Gasteiger charge is 2.33. The van der Waals surface area contributed by atoms with Gasteiger partial charge in [0, 0.05) is 74.4 Å². The largest absolute Gasteiger partial charge is 0.454 e. The quantitative estimate of drug-likeness (QED) is 0.161. The van der Waals surface area contributed by atoms with Gasteiger partial charge in [-0.05, 0) is 58.7 Å². The van der Waals surface area contributed by atoms with E-state index >= 15 is 0 Å². The van der Waals surface area contributed by atoms with E-state index in [-0.39, 0.29) is 0 Å². The van der Waals surface area contributed by atoms with Gasteiger partial charge in [0.15, 0.2) is 5.58 Å². The van der Waals surface area contributed by atoms with Gasteiger partial charge in [0.2, 0.25) is 5.69 Å². The van der Waals surface area contributed by atoms with Crippen molar-refractivity contribution in [3.05, 3.63) is 235 Å². The minimum atomic E-state index is 0.387. The van der Waals surface area contributed by atoms with Crippen LogP contribution in [-0.2, 0) is 0 Å². The van der Waals surface area contributed by atoms with Crippen molar-refractivity contribution < 1.29 is 4.42 Å². The smallest absolute Gasteiger partial charge is 0.221 e. The number of benzene rings is 11. The van der Waals surface area contributed by atoms with Crippen molar-refractivity contribution in [2.45, 2.75) is 0 Å². The Balaban J connectivity index is 1.15. The second-order valence-electron chi connectivity index (χ2n) is 19.2. The van der Waals surface area contributed by atoms with Crippen molar-refractivity contribution in [2.24, 2.45) is 0 Å². The van der Waals surface area contributed by atoms with E-state index < -0.39 is 0 Å². The zero-order chi connectivity index (χ0) is 49.5. The summed E-state index contributed by atoms with van der Waals surface area (Å²) in [6, 6.07) is 79.4. The highest BCUT2D eigenvalue weighted by molar-refractivity contribution is 7.27. The Hall–Kier alpha value is -9.76. The molecule has 11 aromatic carbocycles. The SMILES string of the molecule is [C-]#[N+]c1c(-c2ccccc2)c(-n2c3ccccc3c3ccc4c5ccc(-c6ccccc6)cc5oc4c32)c(-c2ccccc2)c(C#N)c1-n1c2c(ccc3c4ccccc4sc32)c2ccc3c4ccccc4sc3c21. The summed E-state index contributed by atoms with van der Waals surface area (Å²) in [5, 5.41) is 23.2. The molecule has 0 aliphatic rings. The molecule has 0 spiro atoms. The van der Waals surface area contributed by atoms with E-state index in [0.29, 0.717) is 16.9 Å². The molecule has 0 bridgehead atoms. The van der Waals surface area contributed by atoms with Gasteiger partial charge >= 0.3 is 0 Å². The number of rotatable bonds is 5. The maximum Gasteiger partial charge on any atom is 0.221 e. The standard InChI is InChI=1S/C68H36N4OS2/c1-70-60-59(41-21-9-4-10-22-41)65(71-54-26-14-11-23-43(54)47-31-34-50-44-30-29-42(39-17-5-2-6-18-39)37-55(44)73-66(50)62(47)71)58(40-19-7-3-8-20-40)53(38-69)61(60)72-63-48(32-35-51-45-24-12-15-27-56(45)74-67(51)63)49-33-36-52-46-25-13-16-28-57(46)75-68(52)64(49)72/h2-37H. The van der Waals surface area contributed by atoms with E-state index in [0.717, 1.165) is 125 Å². The molecule has 0 fully saturated rings. The first-order valence-corrected chi connectivity index (χ1v) is 26.6. The van der Waals surface area contributed by atoms with Crippen LogP contribution in [0.3, 0.4) is 0 Å². The molecule has 5 aromatic heterocycles. The van der Waals surface area contributed by atoms with Crippen molar-refractivity contribution in [1.82, 2.24) is 9.13 Å². The number of para-hydroxylation sites is 1. The fourth-order valence-corrected chi connectivity index (χ4v) is 14.7. The van der Waals surface area contributed by atoms with Crippen LogP contribution in [0.4, 0.5) is 5.69 Å². The summed E-state index contributed by atoms with van der Waals surface area (Å²) in [4.78, 5) is 4.72. The predicted octanol–water partition coefficient (Wildman–Crippen LogP) is 19.9. The van der Waals surface area contributed by atoms with Crippen LogP contribution in [0.1, 0.15) is 5.56 Å². The van der Waals surface area contributed by atoms with Gasteiger partial charge in [-0.3, -0.25) is 0 Å². The van der Waals surface area contributed by atoms with E-state index in [1.165, 1.54) is 20.2 Å². The van der Waals surface area contributed by atoms with Crippen LogP contribution in [0, 0.1) is 17.9 Å². The van der Waals surface area contributed by atoms with E-state index in [1.807, 2.05) is 42.5 Å². The maximum absolute atomic E-state index is 12.4. The zero-order valence-corrected chi connectivity index (χ0v) is 41.4. The van der Waals surface area contributed by atoms with E-state index in [1.54, 1.807) is 22.7 Å². The lowest BCUT2D eigenvalue weighted by Gasteiger charge is -2.25. The number of furan rings is 1. The number of hydrogen-bond donors (Lipinski definition) is 0. The molecular weight excluding hydrogens is 953 g/mol. The Morgan fingerprint density at radius 2 is 0.907 bits per heavy atom. The molecule has 0 aliphatic carbocycles. The van der Waals surface area contributed by atoms with Crippen molar-refractivity contribution in [3.8, 4) is 50.8 Å². The molecule has 0 amide bonds. The van der Waals surface area contributed by atoms with Gasteiger partial charge in [-0.25, -0.2) is 4.85 Å². The summed E-state index contributed by atoms with van der Waals surface area (Å²) in [6.45, 7) is 9.66. The predicted molar refractivity (Wildman–Crippen MR) is 315 cm³/mol. The molecule has 5 heterocycles. The summed E-state index contributed by atoms with van der Waals surface area (Å²) < 4.78 is 16.4. The summed E-state index contributed by atoms with van der Waals surface area (Å²) in [6.07, 6.45) is 0. The van der Waals surface area contributed by atoms with E-state index in [4.69, 9.17) is 9.26 Å². The van der Waals surface area contributed by atoms with Gasteiger partial charge < -0.3 is 13.6 Å². The van der Waals surface area contributed by atoms with Crippen LogP contribution in [-0.4, -0.2) is 9.13 Å². The second-order valence-corrected chi connectivity index (χ2v) is 21.3. The minimum absolute atomic E-state index is 0.387. The highest BCUT2D eigenvalue weighted by atomic mass is 32.1. The Bertz CT molecular complexity index is 4990. The number of nitrogens with zero attached hydrogens (tertiary/aromatic N) is 4. The molecular formula is C68H36N4OS2. The van der Waals surface area contributed by atoms with E-state index in [2.05, 4.69) is 191 Å². The number of thiophene rings is 2. The van der Waals surface area contributed by atoms with Crippen LogP contribution in [0.2, 0.25) is 0 Å². The summed E-state index contributed by atoms with van der Waals surface area (Å²) in [5.41, 5.74) is 12.7. The van der Waals surface area contributed by atoms with Crippen molar-refractivity contribution >= 4 is 134 Å². The van der Waals surface area contributed by atoms with Gasteiger partial charge in [-0.2, -0.15) is 5.26 Å². The normalized spacial score (nSPS) is 12.0. The summed E-state index contributed by atoms with van der Waals surface area (Å²) >= 11 is 3.54. The first-order chi connectivity index (χ1) is 37.2. The molecule has 0 saturated heterocycles. The van der Waals surface area contributed by atoms with Crippen LogP contribution >= 0.6 is 22.7 Å². The molecule has 0 atom stereocenters. The van der Waals surface area contributed by atoms with Crippen molar-refractivity contribution in [1.29, 1.82) is 5.26 Å². The van der Waals surface area contributed by atoms with Crippen molar-refractivity contribution in [2.75, 3.05) is 0 Å². The van der Waals surface area contributed by atoms with Crippen LogP contribution in [0.15, 0.2) is 223 Å². The number of aromatic nitrogens is 2. The average Bonchev–Trinajstić information content (AvgIpc) is 4.43. The molecule has 0 unspecified atom stereocenters. The lowest BCUT2D eigenvalue weighted by molar-refractivity contribution is 0.671. The molecule has 5 nitrogen and oxygen atoms in total. The molecule has 7 heteroatoms. The van der Waals surface area contributed by atoms with Crippen molar-refractivity contribution in [3.63, 3.8) is 0 Å². The number of hydrogen-bond acceptors (Lipinski definition) is 4. The van der Waals surface area contributed by atoms with E-state index in [9.17, 15) is 11.8 Å². The molecule has 16 rings (SSSR count). The molecule has 0 radical (unpaired) electrons. The minimum Gasteiger partial charge on any atom is -0.454 e. The third kappa shape index (κ3) is 5.79. The summed E-state index contributed by atoms with van der Waals surface area (Å²) in [5.74, 6) is 0. The lowest BCUT2D eigenvalue weighted by Crippen LogP contribution is -2.08. The maximum atomic E-state index is 12.4. The van der Waals surface area contributed by atoms with Crippen LogP contribution < -0.4 is 0 Å². The zero-order valence-electron chi connectivity index (χ0n) is 39.8. The van der Waals surface area contributed by atoms with Gasteiger partial charge in [0.05, 0.1) is 55.0 Å². The van der Waals surface area contributed by atoms with Gasteiger partial charge in [-0.15, -0.1) is 22.7 Å². The summed E-state index contributed by atoms with van der Waals surface area (Å²) in [7, 11) is 0. The Labute approximate surface area is 436 Å². The topological polar surface area (TPSA) is 51.1 Å². The Kier molecular flexibility index (Phi) is 8.85. The van der Waals surface area contributed by atoms with Gasteiger partial charge in [0.1, 0.15) is 11.7 Å². The average molecular weight is 989 g/mol. The number of fused-ring (bicyclic) bond motifs is 18. The molecule has 0 saturated carbocycles.